The van der Waals surface area contributed by atoms with Crippen molar-refractivity contribution in [1.29, 1.82) is 5.26 Å². The Bertz CT molecular complexity index is 838. The zero-order valence-electron chi connectivity index (χ0n) is 11.1. The lowest BCUT2D eigenvalue weighted by Gasteiger charge is -2.16. The first-order chi connectivity index (χ1) is 9.99. The number of nitrogens with one attached hydrogen (secondary N) is 1. The molecule has 21 heavy (non-hydrogen) atoms. The lowest BCUT2D eigenvalue weighted by Crippen LogP contribution is -2.27. The molecular weight excluding hydrogens is 310 g/mol. The second-order valence-corrected chi connectivity index (χ2v) is 7.45. The number of sulfonamides is 1. The summed E-state index contributed by atoms with van der Waals surface area (Å²) in [5.74, 6) is 0.581. The van der Waals surface area contributed by atoms with Gasteiger partial charge in [0.15, 0.2) is 5.13 Å². The van der Waals surface area contributed by atoms with Crippen molar-refractivity contribution in [2.45, 2.75) is 6.42 Å². The predicted octanol–water partition coefficient (Wildman–Crippen LogP) is 1.48. The van der Waals surface area contributed by atoms with Gasteiger partial charge in [-0.15, -0.1) is 0 Å². The monoisotopic (exact) mass is 321 g/mol. The normalized spacial score (nSPS) is 13.8. The highest BCUT2D eigenvalue weighted by Gasteiger charge is 2.28. The van der Waals surface area contributed by atoms with Gasteiger partial charge in [-0.1, -0.05) is 11.3 Å². The molecule has 0 radical (unpaired) electrons. The fourth-order valence-corrected chi connectivity index (χ4v) is 3.80. The van der Waals surface area contributed by atoms with Crippen molar-refractivity contribution in [3.63, 3.8) is 0 Å². The smallest absolute Gasteiger partial charge is 0.232 e. The molecule has 7 nitrogen and oxygen atoms in total. The number of thiazole rings is 1. The highest BCUT2D eigenvalue weighted by Crippen LogP contribution is 2.35. The molecule has 0 amide bonds. The Balaban J connectivity index is 1.96. The minimum absolute atomic E-state index is 0.413. The maximum atomic E-state index is 11.7. The van der Waals surface area contributed by atoms with Crippen molar-refractivity contribution in [2.24, 2.45) is 0 Å². The van der Waals surface area contributed by atoms with E-state index in [0.717, 1.165) is 5.56 Å². The first-order valence-corrected chi connectivity index (χ1v) is 8.74. The van der Waals surface area contributed by atoms with Gasteiger partial charge >= 0.3 is 0 Å². The summed E-state index contributed by atoms with van der Waals surface area (Å²) in [5.41, 5.74) is 1.49. The van der Waals surface area contributed by atoms with E-state index in [1.54, 1.807) is 12.3 Å². The SMILES string of the molecule is CS(=O)(=O)N1CCc2c1ccnc2Nc1ncc(C#N)s1. The Morgan fingerprint density at radius 2 is 2.29 bits per heavy atom. The van der Waals surface area contributed by atoms with Gasteiger partial charge in [-0.25, -0.2) is 18.4 Å². The van der Waals surface area contributed by atoms with Crippen LogP contribution in [0.5, 0.6) is 0 Å². The summed E-state index contributed by atoms with van der Waals surface area (Å²) in [6.45, 7) is 0.413. The van der Waals surface area contributed by atoms with E-state index in [2.05, 4.69) is 15.3 Å². The Kier molecular flexibility index (Phi) is 3.27. The molecule has 3 heterocycles. The van der Waals surface area contributed by atoms with Crippen molar-refractivity contribution in [3.8, 4) is 6.07 Å². The second kappa shape index (κ2) is 4.98. The van der Waals surface area contributed by atoms with Crippen molar-refractivity contribution >= 4 is 38.0 Å². The van der Waals surface area contributed by atoms with E-state index < -0.39 is 10.0 Å². The zero-order chi connectivity index (χ0) is 15.0. The quantitative estimate of drug-likeness (QED) is 0.919. The molecule has 0 bridgehead atoms. The fraction of sp³-hybridized carbons (Fsp3) is 0.250. The molecule has 1 N–H and O–H groups in total. The van der Waals surface area contributed by atoms with E-state index in [1.165, 1.54) is 28.1 Å². The third kappa shape index (κ3) is 2.55. The molecule has 9 heteroatoms. The van der Waals surface area contributed by atoms with Gasteiger partial charge in [0.1, 0.15) is 16.8 Å². The van der Waals surface area contributed by atoms with Crippen LogP contribution in [0.1, 0.15) is 10.4 Å². The Morgan fingerprint density at radius 1 is 1.48 bits per heavy atom. The molecule has 0 fully saturated rings. The van der Waals surface area contributed by atoms with Crippen molar-refractivity contribution in [2.75, 3.05) is 22.4 Å². The van der Waals surface area contributed by atoms with Gasteiger partial charge in [0.05, 0.1) is 18.1 Å². The summed E-state index contributed by atoms with van der Waals surface area (Å²) in [6.07, 6.45) is 4.83. The molecule has 0 saturated heterocycles. The second-order valence-electron chi connectivity index (χ2n) is 4.51. The van der Waals surface area contributed by atoms with Gasteiger partial charge in [-0.2, -0.15) is 5.26 Å². The van der Waals surface area contributed by atoms with Gasteiger partial charge in [-0.05, 0) is 12.5 Å². The third-order valence-corrected chi connectivity index (χ3v) is 5.10. The number of aromatic nitrogens is 2. The Morgan fingerprint density at radius 3 is 2.95 bits per heavy atom. The van der Waals surface area contributed by atoms with E-state index in [9.17, 15) is 8.42 Å². The fourth-order valence-electron chi connectivity index (χ4n) is 2.23. The molecule has 0 saturated carbocycles. The number of rotatable bonds is 3. The Labute approximate surface area is 125 Å². The molecule has 1 aliphatic heterocycles. The minimum atomic E-state index is -3.28. The van der Waals surface area contributed by atoms with Crippen LogP contribution >= 0.6 is 11.3 Å². The van der Waals surface area contributed by atoms with Gasteiger partial charge in [0.25, 0.3) is 0 Å². The maximum Gasteiger partial charge on any atom is 0.232 e. The lowest BCUT2D eigenvalue weighted by atomic mass is 10.2. The topological polar surface area (TPSA) is 99.0 Å². The van der Waals surface area contributed by atoms with Gasteiger partial charge in [0, 0.05) is 18.3 Å². The molecular formula is C12H11N5O2S2. The number of nitrogens with zero attached hydrogens (tertiary/aromatic N) is 4. The van der Waals surface area contributed by atoms with Crippen molar-refractivity contribution in [3.05, 3.63) is 28.9 Å². The number of hydrogen-bond acceptors (Lipinski definition) is 7. The van der Waals surface area contributed by atoms with E-state index in [-0.39, 0.29) is 0 Å². The maximum absolute atomic E-state index is 11.7. The minimum Gasteiger partial charge on any atom is -0.316 e. The summed E-state index contributed by atoms with van der Waals surface area (Å²) in [7, 11) is -3.28. The van der Waals surface area contributed by atoms with Crippen molar-refractivity contribution in [1.82, 2.24) is 9.97 Å². The van der Waals surface area contributed by atoms with E-state index >= 15 is 0 Å². The van der Waals surface area contributed by atoms with E-state index in [1.807, 2.05) is 6.07 Å². The number of hydrogen-bond donors (Lipinski definition) is 1. The van der Waals surface area contributed by atoms with Crippen LogP contribution in [0.15, 0.2) is 18.5 Å². The number of pyridine rings is 1. The first-order valence-electron chi connectivity index (χ1n) is 6.07. The Hall–Kier alpha value is -2.18. The molecule has 0 aromatic carbocycles. The third-order valence-electron chi connectivity index (χ3n) is 3.11. The molecule has 108 valence electrons. The molecule has 3 rings (SSSR count). The van der Waals surface area contributed by atoms with Crippen LogP contribution in [0.3, 0.4) is 0 Å². The molecule has 0 spiro atoms. The van der Waals surface area contributed by atoms with Crippen LogP contribution in [0.4, 0.5) is 16.6 Å². The molecule has 0 aliphatic carbocycles. The highest BCUT2D eigenvalue weighted by molar-refractivity contribution is 7.92. The molecule has 0 unspecified atom stereocenters. The van der Waals surface area contributed by atoms with E-state index in [4.69, 9.17) is 5.26 Å². The molecule has 2 aromatic heterocycles. The standard InChI is InChI=1S/C12H11N5O2S2/c1-21(18,19)17-5-3-9-10(17)2-4-14-11(9)16-12-15-7-8(6-13)20-12/h2,4,7H,3,5H2,1H3,(H,14,15,16). The summed E-state index contributed by atoms with van der Waals surface area (Å²) in [6, 6.07) is 3.71. The zero-order valence-corrected chi connectivity index (χ0v) is 12.7. The van der Waals surface area contributed by atoms with Crippen LogP contribution in [0.25, 0.3) is 0 Å². The number of nitriles is 1. The van der Waals surface area contributed by atoms with Gasteiger partial charge in [0.2, 0.25) is 10.0 Å². The lowest BCUT2D eigenvalue weighted by molar-refractivity contribution is 0.598. The highest BCUT2D eigenvalue weighted by atomic mass is 32.2. The first kappa shape index (κ1) is 13.8. The summed E-state index contributed by atoms with van der Waals surface area (Å²) in [4.78, 5) is 8.84. The van der Waals surface area contributed by atoms with Gasteiger partial charge < -0.3 is 5.32 Å². The molecule has 2 aromatic rings. The van der Waals surface area contributed by atoms with Crippen LogP contribution < -0.4 is 9.62 Å². The number of fused-ring (bicyclic) bond motifs is 1. The van der Waals surface area contributed by atoms with Crippen LogP contribution in [-0.4, -0.2) is 31.2 Å². The van der Waals surface area contributed by atoms with Gasteiger partial charge in [-0.3, -0.25) is 4.31 Å². The van der Waals surface area contributed by atoms with Crippen molar-refractivity contribution < 1.29 is 8.42 Å². The average Bonchev–Trinajstić information content (AvgIpc) is 3.04. The number of anilines is 3. The van der Waals surface area contributed by atoms with Crippen LogP contribution in [0.2, 0.25) is 0 Å². The van der Waals surface area contributed by atoms with Crippen LogP contribution in [0, 0.1) is 11.3 Å². The summed E-state index contributed by atoms with van der Waals surface area (Å²) < 4.78 is 24.9. The molecule has 1 aliphatic rings. The summed E-state index contributed by atoms with van der Waals surface area (Å²) in [5, 5.41) is 12.4. The summed E-state index contributed by atoms with van der Waals surface area (Å²) >= 11 is 1.22. The largest absolute Gasteiger partial charge is 0.316 e. The molecule has 0 atom stereocenters. The predicted molar refractivity (Wildman–Crippen MR) is 80.2 cm³/mol. The van der Waals surface area contributed by atoms with E-state index in [0.29, 0.717) is 34.5 Å². The van der Waals surface area contributed by atoms with Crippen LogP contribution in [-0.2, 0) is 16.4 Å². The average molecular weight is 321 g/mol.